The zero-order valence-electron chi connectivity index (χ0n) is 14.7. The lowest BCUT2D eigenvalue weighted by molar-refractivity contribution is -0.123. The Hall–Kier alpha value is -1.87. The van der Waals surface area contributed by atoms with Crippen LogP contribution in [0.25, 0.3) is 10.2 Å². The lowest BCUT2D eigenvalue weighted by Gasteiger charge is -2.14. The minimum Gasteiger partial charge on any atom is -0.368 e. The monoisotopic (exact) mass is 382 g/mol. The molecule has 0 bridgehead atoms. The predicted molar refractivity (Wildman–Crippen MR) is 101 cm³/mol. The number of amides is 2. The van der Waals surface area contributed by atoms with E-state index in [4.69, 9.17) is 5.73 Å². The summed E-state index contributed by atoms with van der Waals surface area (Å²) in [6, 6.07) is 0. The molecule has 0 radical (unpaired) electrons. The van der Waals surface area contributed by atoms with E-state index < -0.39 is 5.91 Å². The largest absolute Gasteiger partial charge is 0.368 e. The first kappa shape index (κ1) is 19.5. The fourth-order valence-electron chi connectivity index (χ4n) is 2.31. The van der Waals surface area contributed by atoms with E-state index in [2.05, 4.69) is 10.3 Å². The van der Waals surface area contributed by atoms with Crippen LogP contribution in [0.1, 0.15) is 24.3 Å². The van der Waals surface area contributed by atoms with Gasteiger partial charge in [0.05, 0.1) is 17.7 Å². The third-order valence-electron chi connectivity index (χ3n) is 3.59. The van der Waals surface area contributed by atoms with E-state index in [1.165, 1.54) is 23.1 Å². The summed E-state index contributed by atoms with van der Waals surface area (Å²) in [4.78, 5) is 41.8. The number of nitrogens with zero attached hydrogens (tertiary/aromatic N) is 2. The van der Waals surface area contributed by atoms with E-state index in [1.807, 2.05) is 27.7 Å². The topological polar surface area (TPSA) is 107 Å². The van der Waals surface area contributed by atoms with Crippen molar-refractivity contribution in [1.29, 1.82) is 0 Å². The Morgan fingerprint density at radius 2 is 2.04 bits per heavy atom. The van der Waals surface area contributed by atoms with Gasteiger partial charge in [0.25, 0.3) is 5.56 Å². The van der Waals surface area contributed by atoms with Gasteiger partial charge in [0, 0.05) is 11.4 Å². The van der Waals surface area contributed by atoms with Gasteiger partial charge in [-0.2, -0.15) is 0 Å². The molecule has 0 saturated heterocycles. The molecular formula is C16H22N4O3S2. The van der Waals surface area contributed by atoms with Crippen LogP contribution in [0.5, 0.6) is 0 Å². The van der Waals surface area contributed by atoms with Crippen LogP contribution in [0.3, 0.4) is 0 Å². The average molecular weight is 383 g/mol. The van der Waals surface area contributed by atoms with Crippen molar-refractivity contribution in [1.82, 2.24) is 14.9 Å². The van der Waals surface area contributed by atoms with Crippen molar-refractivity contribution < 1.29 is 9.59 Å². The number of hydrogen-bond donors (Lipinski definition) is 2. The zero-order chi connectivity index (χ0) is 18.7. The molecule has 0 unspecified atom stereocenters. The standard InChI is InChI=1S/C16H22N4O3S2/c1-8(2)6-20-15(23)13-9(3)10(4)25-14(13)19-16(20)24-7-12(22)18-5-11(17)21/h8H,5-7H2,1-4H3,(H2,17,21)(H,18,22). The molecule has 9 heteroatoms. The van der Waals surface area contributed by atoms with Crippen molar-refractivity contribution in [3.8, 4) is 0 Å². The quantitative estimate of drug-likeness (QED) is 0.556. The average Bonchev–Trinajstić information content (AvgIpc) is 2.80. The Balaban J connectivity index is 2.35. The van der Waals surface area contributed by atoms with Gasteiger partial charge in [-0.1, -0.05) is 25.6 Å². The molecule has 0 spiro atoms. The highest BCUT2D eigenvalue weighted by atomic mass is 32.2. The van der Waals surface area contributed by atoms with Crippen molar-refractivity contribution >= 4 is 45.1 Å². The first-order valence-corrected chi connectivity index (χ1v) is 9.69. The number of carbonyl (C=O) groups is 2. The summed E-state index contributed by atoms with van der Waals surface area (Å²) in [6.07, 6.45) is 0. The van der Waals surface area contributed by atoms with Crippen LogP contribution in [0.4, 0.5) is 0 Å². The number of nitrogens with one attached hydrogen (secondary N) is 1. The van der Waals surface area contributed by atoms with Gasteiger partial charge in [-0.3, -0.25) is 19.0 Å². The number of aromatic nitrogens is 2. The second kappa shape index (κ2) is 8.01. The van der Waals surface area contributed by atoms with Crippen LogP contribution in [-0.4, -0.2) is 33.7 Å². The maximum absolute atomic E-state index is 12.9. The van der Waals surface area contributed by atoms with Gasteiger partial charge < -0.3 is 11.1 Å². The lowest BCUT2D eigenvalue weighted by Crippen LogP contribution is -2.34. The molecule has 3 N–H and O–H groups in total. The number of aryl methyl sites for hydroxylation is 2. The normalized spacial score (nSPS) is 11.2. The van der Waals surface area contributed by atoms with E-state index in [1.54, 1.807) is 4.57 Å². The molecular weight excluding hydrogens is 360 g/mol. The van der Waals surface area contributed by atoms with Crippen LogP contribution < -0.4 is 16.6 Å². The first-order chi connectivity index (χ1) is 11.7. The van der Waals surface area contributed by atoms with E-state index in [0.29, 0.717) is 21.9 Å². The molecule has 0 aliphatic carbocycles. The number of primary amides is 1. The highest BCUT2D eigenvalue weighted by molar-refractivity contribution is 7.99. The van der Waals surface area contributed by atoms with Crippen LogP contribution >= 0.6 is 23.1 Å². The minimum atomic E-state index is -0.598. The molecule has 0 aromatic carbocycles. The summed E-state index contributed by atoms with van der Waals surface area (Å²) >= 11 is 2.67. The third kappa shape index (κ3) is 4.60. The Morgan fingerprint density at radius 1 is 1.36 bits per heavy atom. The van der Waals surface area contributed by atoms with E-state index in [0.717, 1.165) is 10.4 Å². The number of rotatable bonds is 7. The fourth-order valence-corrected chi connectivity index (χ4v) is 4.22. The van der Waals surface area contributed by atoms with Gasteiger partial charge in [0.2, 0.25) is 11.8 Å². The van der Waals surface area contributed by atoms with Gasteiger partial charge in [-0.25, -0.2) is 4.98 Å². The SMILES string of the molecule is Cc1sc2nc(SCC(=O)NCC(N)=O)n(CC(C)C)c(=O)c2c1C. The Bertz CT molecular complexity index is 870. The van der Waals surface area contributed by atoms with Gasteiger partial charge in [-0.15, -0.1) is 11.3 Å². The number of fused-ring (bicyclic) bond motifs is 1. The van der Waals surface area contributed by atoms with Crippen LogP contribution in [0.15, 0.2) is 9.95 Å². The van der Waals surface area contributed by atoms with E-state index >= 15 is 0 Å². The van der Waals surface area contributed by atoms with Crippen molar-refractivity contribution in [2.24, 2.45) is 11.7 Å². The van der Waals surface area contributed by atoms with E-state index in [-0.39, 0.29) is 29.7 Å². The van der Waals surface area contributed by atoms with Gasteiger partial charge in [0.15, 0.2) is 5.16 Å². The maximum Gasteiger partial charge on any atom is 0.263 e. The number of nitrogens with two attached hydrogens (primary N) is 1. The van der Waals surface area contributed by atoms with Gasteiger partial charge in [-0.05, 0) is 25.3 Å². The smallest absolute Gasteiger partial charge is 0.263 e. The molecule has 2 amide bonds. The van der Waals surface area contributed by atoms with Crippen LogP contribution in [0.2, 0.25) is 0 Å². The molecule has 25 heavy (non-hydrogen) atoms. The number of thiophene rings is 1. The molecule has 0 fully saturated rings. The second-order valence-corrected chi connectivity index (χ2v) is 8.34. The number of thioether (sulfide) groups is 1. The Kier molecular flexibility index (Phi) is 6.23. The van der Waals surface area contributed by atoms with Crippen molar-refractivity contribution in [2.45, 2.75) is 39.4 Å². The zero-order valence-corrected chi connectivity index (χ0v) is 16.3. The first-order valence-electron chi connectivity index (χ1n) is 7.89. The molecule has 2 aromatic rings. The molecule has 0 aliphatic rings. The molecule has 7 nitrogen and oxygen atoms in total. The number of hydrogen-bond acceptors (Lipinski definition) is 6. The fraction of sp³-hybridized carbons (Fsp3) is 0.500. The van der Waals surface area contributed by atoms with E-state index in [9.17, 15) is 14.4 Å². The van der Waals surface area contributed by atoms with Crippen molar-refractivity contribution in [2.75, 3.05) is 12.3 Å². The summed E-state index contributed by atoms with van der Waals surface area (Å²) in [6.45, 7) is 8.28. The molecule has 2 rings (SSSR count). The highest BCUT2D eigenvalue weighted by Crippen LogP contribution is 2.28. The molecule has 0 aliphatic heterocycles. The Labute approximate surface area is 154 Å². The third-order valence-corrected chi connectivity index (χ3v) is 5.67. The number of carbonyl (C=O) groups excluding carboxylic acids is 2. The van der Waals surface area contributed by atoms with Gasteiger partial charge >= 0.3 is 0 Å². The predicted octanol–water partition coefficient (Wildman–Crippen LogP) is 1.42. The van der Waals surface area contributed by atoms with Crippen molar-refractivity contribution in [3.05, 3.63) is 20.8 Å². The molecule has 0 saturated carbocycles. The second-order valence-electron chi connectivity index (χ2n) is 6.20. The van der Waals surface area contributed by atoms with Gasteiger partial charge in [0.1, 0.15) is 4.83 Å². The maximum atomic E-state index is 12.9. The highest BCUT2D eigenvalue weighted by Gasteiger charge is 2.18. The molecule has 0 atom stereocenters. The van der Waals surface area contributed by atoms with Crippen LogP contribution in [0, 0.1) is 19.8 Å². The lowest BCUT2D eigenvalue weighted by atomic mass is 10.2. The van der Waals surface area contributed by atoms with Crippen LogP contribution in [-0.2, 0) is 16.1 Å². The molecule has 2 heterocycles. The summed E-state index contributed by atoms with van der Waals surface area (Å²) < 4.78 is 1.64. The summed E-state index contributed by atoms with van der Waals surface area (Å²) in [7, 11) is 0. The van der Waals surface area contributed by atoms with Crippen molar-refractivity contribution in [3.63, 3.8) is 0 Å². The summed E-state index contributed by atoms with van der Waals surface area (Å²) in [5.41, 5.74) is 5.90. The molecule has 136 valence electrons. The minimum absolute atomic E-state index is 0.0622. The summed E-state index contributed by atoms with van der Waals surface area (Å²) in [5, 5.41) is 3.60. The summed E-state index contributed by atoms with van der Waals surface area (Å²) in [5.74, 6) is -0.598. The molecule has 2 aromatic heterocycles. The Morgan fingerprint density at radius 3 is 2.64 bits per heavy atom.